The van der Waals surface area contributed by atoms with Gasteiger partial charge in [0.1, 0.15) is 0 Å². The van der Waals surface area contributed by atoms with Crippen LogP contribution in [0.4, 0.5) is 10.5 Å². The first-order chi connectivity index (χ1) is 12.2. The molecule has 2 rings (SSSR count). The number of rotatable bonds is 4. The second kappa shape index (κ2) is 8.82. The summed E-state index contributed by atoms with van der Waals surface area (Å²) in [7, 11) is 0. The van der Waals surface area contributed by atoms with Gasteiger partial charge in [0.2, 0.25) is 3.79 Å². The van der Waals surface area contributed by atoms with Crippen molar-refractivity contribution < 1.29 is 9.59 Å². The van der Waals surface area contributed by atoms with E-state index >= 15 is 0 Å². The van der Waals surface area contributed by atoms with Crippen molar-refractivity contribution in [1.29, 1.82) is 0 Å². The number of amides is 3. The largest absolute Gasteiger partial charge is 0.328 e. The molecule has 138 valence electrons. The molecular formula is C17H15Cl4N3O2. The molecule has 0 aromatic heterocycles. The van der Waals surface area contributed by atoms with Crippen LogP contribution in [0.1, 0.15) is 15.9 Å². The van der Waals surface area contributed by atoms with Crippen molar-refractivity contribution in [3.8, 4) is 0 Å². The van der Waals surface area contributed by atoms with Crippen molar-refractivity contribution >= 4 is 64.0 Å². The molecule has 0 heterocycles. The molecule has 9 heteroatoms. The van der Waals surface area contributed by atoms with Gasteiger partial charge in [-0.25, -0.2) is 4.79 Å². The quantitative estimate of drug-likeness (QED) is 0.473. The molecule has 0 saturated heterocycles. The fourth-order valence-corrected chi connectivity index (χ4v) is 2.62. The Hall–Kier alpha value is -1.66. The van der Waals surface area contributed by atoms with E-state index in [2.05, 4.69) is 16.0 Å². The van der Waals surface area contributed by atoms with E-state index in [9.17, 15) is 9.59 Å². The summed E-state index contributed by atoms with van der Waals surface area (Å²) >= 11 is 23.6. The predicted octanol–water partition coefficient (Wildman–Crippen LogP) is 4.90. The zero-order chi connectivity index (χ0) is 19.3. The van der Waals surface area contributed by atoms with Gasteiger partial charge in [0, 0.05) is 16.3 Å². The van der Waals surface area contributed by atoms with Crippen LogP contribution in [0.15, 0.2) is 48.5 Å². The molecule has 2 aromatic rings. The van der Waals surface area contributed by atoms with Gasteiger partial charge in [0.05, 0.1) is 0 Å². The Balaban J connectivity index is 2.09. The minimum absolute atomic E-state index is 0.406. The van der Waals surface area contributed by atoms with Crippen molar-refractivity contribution in [2.24, 2.45) is 0 Å². The lowest BCUT2D eigenvalue weighted by atomic mass is 10.1. The van der Waals surface area contributed by atoms with E-state index in [0.29, 0.717) is 16.3 Å². The van der Waals surface area contributed by atoms with Gasteiger partial charge in [0.15, 0.2) is 6.17 Å². The summed E-state index contributed by atoms with van der Waals surface area (Å²) in [6.45, 7) is 1.78. The molecule has 0 aliphatic rings. The Morgan fingerprint density at radius 1 is 1.00 bits per heavy atom. The summed E-state index contributed by atoms with van der Waals surface area (Å²) in [5.74, 6) is -0.484. The van der Waals surface area contributed by atoms with Gasteiger partial charge in [-0.05, 0) is 36.8 Å². The molecule has 3 amide bonds. The van der Waals surface area contributed by atoms with Crippen LogP contribution in [0.25, 0.3) is 0 Å². The first-order valence-corrected chi connectivity index (χ1v) is 8.94. The fourth-order valence-electron chi connectivity index (χ4n) is 2.10. The van der Waals surface area contributed by atoms with E-state index in [0.717, 1.165) is 5.56 Å². The molecule has 0 saturated carbocycles. The second-order valence-electron chi connectivity index (χ2n) is 5.37. The van der Waals surface area contributed by atoms with E-state index < -0.39 is 21.9 Å². The van der Waals surface area contributed by atoms with Crippen LogP contribution in [0.3, 0.4) is 0 Å². The lowest BCUT2D eigenvalue weighted by Crippen LogP contribution is -2.56. The Bertz CT molecular complexity index is 809. The van der Waals surface area contributed by atoms with Gasteiger partial charge in [-0.1, -0.05) is 70.7 Å². The number of nitrogens with one attached hydrogen (secondary N) is 3. The number of carbonyl (C=O) groups excluding carboxylic acids is 2. The Labute approximate surface area is 170 Å². The van der Waals surface area contributed by atoms with E-state index in [1.54, 1.807) is 55.5 Å². The molecule has 0 fully saturated rings. The number of urea groups is 1. The number of benzene rings is 2. The highest BCUT2D eigenvalue weighted by Crippen LogP contribution is 2.29. The van der Waals surface area contributed by atoms with E-state index in [-0.39, 0.29) is 0 Å². The molecule has 0 bridgehead atoms. The van der Waals surface area contributed by atoms with Crippen LogP contribution in [0.5, 0.6) is 0 Å². The number of hydrogen-bond acceptors (Lipinski definition) is 2. The summed E-state index contributed by atoms with van der Waals surface area (Å²) in [6, 6.07) is 12.8. The summed E-state index contributed by atoms with van der Waals surface area (Å²) in [5, 5.41) is 7.93. The zero-order valence-electron chi connectivity index (χ0n) is 13.5. The van der Waals surface area contributed by atoms with Crippen LogP contribution >= 0.6 is 46.4 Å². The molecule has 5 nitrogen and oxygen atoms in total. The van der Waals surface area contributed by atoms with Crippen molar-refractivity contribution in [3.63, 3.8) is 0 Å². The van der Waals surface area contributed by atoms with Gasteiger partial charge >= 0.3 is 6.03 Å². The summed E-state index contributed by atoms with van der Waals surface area (Å²) in [4.78, 5) is 24.6. The molecule has 2 aromatic carbocycles. The average Bonchev–Trinajstić information content (AvgIpc) is 2.53. The maximum Gasteiger partial charge on any atom is 0.320 e. The zero-order valence-corrected chi connectivity index (χ0v) is 16.5. The minimum Gasteiger partial charge on any atom is -0.328 e. The van der Waals surface area contributed by atoms with Crippen LogP contribution < -0.4 is 16.0 Å². The fraction of sp³-hybridized carbons (Fsp3) is 0.176. The van der Waals surface area contributed by atoms with E-state index in [4.69, 9.17) is 46.4 Å². The van der Waals surface area contributed by atoms with Crippen LogP contribution in [-0.2, 0) is 0 Å². The minimum atomic E-state index is -1.97. The lowest BCUT2D eigenvalue weighted by molar-refractivity contribution is 0.0932. The Kier molecular flexibility index (Phi) is 7.01. The van der Waals surface area contributed by atoms with Crippen LogP contribution in [-0.4, -0.2) is 21.9 Å². The highest BCUT2D eigenvalue weighted by molar-refractivity contribution is 6.68. The van der Waals surface area contributed by atoms with Crippen molar-refractivity contribution in [1.82, 2.24) is 10.6 Å². The van der Waals surface area contributed by atoms with E-state index in [1.165, 1.54) is 0 Å². The third-order valence-corrected chi connectivity index (χ3v) is 4.24. The van der Waals surface area contributed by atoms with E-state index in [1.807, 2.05) is 0 Å². The first kappa shape index (κ1) is 20.6. The predicted molar refractivity (Wildman–Crippen MR) is 106 cm³/mol. The molecule has 0 radical (unpaired) electrons. The number of aryl methyl sites for hydroxylation is 1. The number of halogens is 4. The highest BCUT2D eigenvalue weighted by Gasteiger charge is 2.35. The Morgan fingerprint density at radius 3 is 2.31 bits per heavy atom. The maximum absolute atomic E-state index is 12.4. The second-order valence-corrected chi connectivity index (χ2v) is 8.18. The topological polar surface area (TPSA) is 70.2 Å². The van der Waals surface area contributed by atoms with Crippen molar-refractivity contribution in [3.05, 3.63) is 64.7 Å². The molecule has 26 heavy (non-hydrogen) atoms. The summed E-state index contributed by atoms with van der Waals surface area (Å²) in [5.41, 5.74) is 1.60. The molecule has 0 spiro atoms. The number of alkyl halides is 3. The highest BCUT2D eigenvalue weighted by atomic mass is 35.6. The van der Waals surface area contributed by atoms with Gasteiger partial charge in [-0.15, -0.1) is 0 Å². The van der Waals surface area contributed by atoms with Gasteiger partial charge in [0.25, 0.3) is 5.91 Å². The monoisotopic (exact) mass is 433 g/mol. The average molecular weight is 435 g/mol. The van der Waals surface area contributed by atoms with Gasteiger partial charge < -0.3 is 16.0 Å². The van der Waals surface area contributed by atoms with Gasteiger partial charge in [-0.3, -0.25) is 4.79 Å². The maximum atomic E-state index is 12.4. The number of carbonyl (C=O) groups is 2. The summed E-state index contributed by atoms with van der Waals surface area (Å²) in [6.07, 6.45) is -1.27. The smallest absolute Gasteiger partial charge is 0.320 e. The van der Waals surface area contributed by atoms with Gasteiger partial charge in [-0.2, -0.15) is 0 Å². The Morgan fingerprint density at radius 2 is 1.69 bits per heavy atom. The third kappa shape index (κ3) is 5.95. The molecule has 3 N–H and O–H groups in total. The summed E-state index contributed by atoms with van der Waals surface area (Å²) < 4.78 is -1.97. The standard InChI is InChI=1S/C17H15Cl4N3O2/c1-10-5-2-3-8-13(10)14(25)23-15(17(19,20)21)24-16(26)22-12-7-4-6-11(18)9-12/h2-9,15H,1H3,(H,23,25)(H2,22,24,26)/t15-/m0/s1. The SMILES string of the molecule is Cc1ccccc1C(=O)N[C@@H](NC(=O)Nc1cccc(Cl)c1)C(Cl)(Cl)Cl. The molecule has 0 unspecified atom stereocenters. The first-order valence-electron chi connectivity index (χ1n) is 7.43. The van der Waals surface area contributed by atoms with Crippen LogP contribution in [0.2, 0.25) is 5.02 Å². The normalized spacial score (nSPS) is 12.2. The van der Waals surface area contributed by atoms with Crippen molar-refractivity contribution in [2.45, 2.75) is 16.9 Å². The third-order valence-electron chi connectivity index (χ3n) is 3.35. The molecular weight excluding hydrogens is 420 g/mol. The number of hydrogen-bond donors (Lipinski definition) is 3. The molecule has 0 aliphatic carbocycles. The molecule has 1 atom stereocenters. The van der Waals surface area contributed by atoms with Crippen molar-refractivity contribution in [2.75, 3.05) is 5.32 Å². The number of anilines is 1. The molecule has 0 aliphatic heterocycles. The lowest BCUT2D eigenvalue weighted by Gasteiger charge is -2.26. The van der Waals surface area contributed by atoms with Crippen LogP contribution in [0, 0.1) is 6.92 Å².